The largest absolute Gasteiger partial charge is 0.344 e. The molecule has 0 aliphatic rings. The number of nitrogens with zero attached hydrogens (tertiary/aromatic N) is 2. The van der Waals surface area contributed by atoms with Crippen molar-refractivity contribution in [2.45, 2.75) is 0 Å². The van der Waals surface area contributed by atoms with Crippen LogP contribution >= 0.6 is 34.8 Å². The number of halogens is 3. The minimum atomic E-state index is -0.684. The van der Waals surface area contributed by atoms with Crippen LogP contribution in [0.5, 0.6) is 0 Å². The fourth-order valence-electron chi connectivity index (χ4n) is 3.15. The zero-order chi connectivity index (χ0) is 21.6. The lowest BCUT2D eigenvalue weighted by molar-refractivity contribution is 0.102. The van der Waals surface area contributed by atoms with Crippen molar-refractivity contribution in [2.75, 3.05) is 5.32 Å². The summed E-state index contributed by atoms with van der Waals surface area (Å²) in [6, 6.07) is 10.9. The van der Waals surface area contributed by atoms with E-state index in [2.05, 4.69) is 10.3 Å². The number of aromatic nitrogens is 3. The third-order valence-electron chi connectivity index (χ3n) is 4.53. The van der Waals surface area contributed by atoms with Crippen molar-refractivity contribution in [3.8, 4) is 5.69 Å². The summed E-state index contributed by atoms with van der Waals surface area (Å²) in [4.78, 5) is 41.2. The molecule has 10 heteroatoms. The van der Waals surface area contributed by atoms with E-state index in [9.17, 15) is 14.4 Å². The number of aromatic amines is 1. The van der Waals surface area contributed by atoms with Gasteiger partial charge in [-0.25, -0.2) is 9.36 Å². The van der Waals surface area contributed by atoms with Crippen molar-refractivity contribution >= 4 is 57.4 Å². The van der Waals surface area contributed by atoms with Gasteiger partial charge in [-0.05, 0) is 42.5 Å². The average Bonchev–Trinajstić information content (AvgIpc) is 3.02. The molecule has 4 rings (SSSR count). The minimum absolute atomic E-state index is 0.112. The van der Waals surface area contributed by atoms with Gasteiger partial charge in [-0.1, -0.05) is 34.8 Å². The van der Waals surface area contributed by atoms with Crippen LogP contribution in [-0.4, -0.2) is 20.0 Å². The van der Waals surface area contributed by atoms with Crippen molar-refractivity contribution in [3.05, 3.63) is 90.1 Å². The molecule has 2 heterocycles. The van der Waals surface area contributed by atoms with Crippen LogP contribution in [-0.2, 0) is 7.05 Å². The van der Waals surface area contributed by atoms with E-state index < -0.39 is 17.2 Å². The molecule has 0 saturated heterocycles. The molecule has 30 heavy (non-hydrogen) atoms. The predicted octanol–water partition coefficient (Wildman–Crippen LogP) is 4.23. The number of hydrogen-bond donors (Lipinski definition) is 2. The molecule has 0 atom stereocenters. The maximum absolute atomic E-state index is 13.1. The maximum atomic E-state index is 13.1. The van der Waals surface area contributed by atoms with Gasteiger partial charge >= 0.3 is 5.69 Å². The number of benzene rings is 2. The summed E-state index contributed by atoms with van der Waals surface area (Å²) in [5.41, 5.74) is -0.205. The number of carbonyl (C=O) groups is 1. The second-order valence-corrected chi connectivity index (χ2v) is 7.78. The highest BCUT2D eigenvalue weighted by atomic mass is 35.5. The Kier molecular flexibility index (Phi) is 5.19. The van der Waals surface area contributed by atoms with Gasteiger partial charge in [0.05, 0.1) is 27.5 Å². The van der Waals surface area contributed by atoms with Crippen LogP contribution in [0.25, 0.3) is 16.7 Å². The van der Waals surface area contributed by atoms with Gasteiger partial charge in [0, 0.05) is 23.3 Å². The molecule has 152 valence electrons. The number of rotatable bonds is 3. The Morgan fingerprint density at radius 3 is 2.37 bits per heavy atom. The molecule has 0 bridgehead atoms. The first kappa shape index (κ1) is 20.3. The van der Waals surface area contributed by atoms with E-state index in [1.165, 1.54) is 16.8 Å². The summed E-state index contributed by atoms with van der Waals surface area (Å²) in [5, 5.41) is 3.82. The van der Waals surface area contributed by atoms with Gasteiger partial charge in [-0.15, -0.1) is 0 Å². The van der Waals surface area contributed by atoms with Crippen LogP contribution in [0.1, 0.15) is 10.4 Å². The van der Waals surface area contributed by atoms with Gasteiger partial charge in [-0.2, -0.15) is 0 Å². The van der Waals surface area contributed by atoms with Crippen LogP contribution in [0.15, 0.2) is 58.3 Å². The second kappa shape index (κ2) is 7.68. The zero-order valence-corrected chi connectivity index (χ0v) is 17.6. The van der Waals surface area contributed by atoms with E-state index >= 15 is 0 Å². The van der Waals surface area contributed by atoms with E-state index in [4.69, 9.17) is 34.8 Å². The summed E-state index contributed by atoms with van der Waals surface area (Å²) in [6.45, 7) is 0. The molecule has 0 saturated carbocycles. The smallest absolute Gasteiger partial charge is 0.333 e. The molecule has 0 spiro atoms. The van der Waals surface area contributed by atoms with Gasteiger partial charge < -0.3 is 14.9 Å². The first-order valence-corrected chi connectivity index (χ1v) is 9.76. The number of fused-ring (bicyclic) bond motifs is 1. The Morgan fingerprint density at radius 1 is 1.00 bits per heavy atom. The molecule has 1 amide bonds. The Morgan fingerprint density at radius 2 is 1.67 bits per heavy atom. The first-order valence-electron chi connectivity index (χ1n) is 8.63. The summed E-state index contributed by atoms with van der Waals surface area (Å²) in [5.74, 6) is -0.552. The highest BCUT2D eigenvalue weighted by molar-refractivity contribution is 6.36. The topological polar surface area (TPSA) is 88.9 Å². The number of amides is 1. The van der Waals surface area contributed by atoms with Crippen LogP contribution in [0.4, 0.5) is 5.69 Å². The molecular formula is C20H13Cl3N4O3. The SMILES string of the molecule is Cn1cc(C(=O)Nc2cc(Cl)ccc2Cl)c2[nH]c(=O)n(-c3ccc(Cl)cc3)c(=O)c21. The first-order chi connectivity index (χ1) is 14.3. The van der Waals surface area contributed by atoms with Gasteiger partial charge in [0.2, 0.25) is 0 Å². The molecule has 0 fully saturated rings. The minimum Gasteiger partial charge on any atom is -0.344 e. The van der Waals surface area contributed by atoms with E-state index in [0.717, 1.165) is 4.57 Å². The summed E-state index contributed by atoms with van der Waals surface area (Å²) >= 11 is 17.9. The molecule has 2 aromatic carbocycles. The number of H-pyrrole nitrogens is 1. The van der Waals surface area contributed by atoms with Crippen molar-refractivity contribution < 1.29 is 4.79 Å². The third-order valence-corrected chi connectivity index (χ3v) is 5.35. The lowest BCUT2D eigenvalue weighted by Crippen LogP contribution is -2.34. The molecule has 2 N–H and O–H groups in total. The molecule has 0 aliphatic heterocycles. The lowest BCUT2D eigenvalue weighted by Gasteiger charge is -2.08. The molecular weight excluding hydrogens is 451 g/mol. The van der Waals surface area contributed by atoms with E-state index in [0.29, 0.717) is 26.4 Å². The molecule has 7 nitrogen and oxygen atoms in total. The van der Waals surface area contributed by atoms with Gasteiger partial charge in [0.25, 0.3) is 11.5 Å². The summed E-state index contributed by atoms with van der Waals surface area (Å²) in [7, 11) is 1.61. The van der Waals surface area contributed by atoms with Gasteiger partial charge in [0.1, 0.15) is 5.52 Å². The zero-order valence-electron chi connectivity index (χ0n) is 15.4. The third kappa shape index (κ3) is 3.52. The number of nitrogens with one attached hydrogen (secondary N) is 2. The number of anilines is 1. The average molecular weight is 464 g/mol. The summed E-state index contributed by atoms with van der Waals surface area (Å²) < 4.78 is 2.46. The van der Waals surface area contributed by atoms with Crippen molar-refractivity contribution in [3.63, 3.8) is 0 Å². The highest BCUT2D eigenvalue weighted by Crippen LogP contribution is 2.26. The van der Waals surface area contributed by atoms with Crippen molar-refractivity contribution in [1.82, 2.24) is 14.1 Å². The Bertz CT molecular complexity index is 1420. The molecule has 0 unspecified atom stereocenters. The quantitative estimate of drug-likeness (QED) is 0.476. The van der Waals surface area contributed by atoms with E-state index in [-0.39, 0.29) is 16.6 Å². The lowest BCUT2D eigenvalue weighted by atomic mass is 10.2. The number of hydrogen-bond acceptors (Lipinski definition) is 3. The second-order valence-electron chi connectivity index (χ2n) is 6.50. The van der Waals surface area contributed by atoms with Crippen molar-refractivity contribution in [1.29, 1.82) is 0 Å². The standard InChI is InChI=1S/C20H13Cl3N4O3/c1-26-9-13(18(28)24-15-8-11(22)4-7-14(15)23)16-17(26)19(29)27(20(30)25-16)12-5-2-10(21)3-6-12/h2-9H,1H3,(H,24,28)(H,25,30). The van der Waals surface area contributed by atoms with E-state index in [1.54, 1.807) is 43.4 Å². The fourth-order valence-corrected chi connectivity index (χ4v) is 3.61. The Labute approximate surface area is 184 Å². The molecule has 4 aromatic rings. The van der Waals surface area contributed by atoms with Crippen LogP contribution in [0.3, 0.4) is 0 Å². The Hall–Kier alpha value is -3.00. The van der Waals surface area contributed by atoms with Gasteiger partial charge in [-0.3, -0.25) is 9.59 Å². The van der Waals surface area contributed by atoms with Crippen molar-refractivity contribution in [2.24, 2.45) is 7.05 Å². The van der Waals surface area contributed by atoms with Crippen LogP contribution < -0.4 is 16.6 Å². The molecule has 2 aromatic heterocycles. The van der Waals surface area contributed by atoms with E-state index in [1.807, 2.05) is 0 Å². The van der Waals surface area contributed by atoms with Crippen LogP contribution in [0, 0.1) is 0 Å². The molecule has 0 aliphatic carbocycles. The van der Waals surface area contributed by atoms with Gasteiger partial charge in [0.15, 0.2) is 0 Å². The Balaban J connectivity index is 1.85. The highest BCUT2D eigenvalue weighted by Gasteiger charge is 2.21. The number of aryl methyl sites for hydroxylation is 1. The monoisotopic (exact) mass is 462 g/mol. The maximum Gasteiger partial charge on any atom is 0.333 e. The fraction of sp³-hybridized carbons (Fsp3) is 0.0500. The molecule has 0 radical (unpaired) electrons. The number of carbonyl (C=O) groups excluding carboxylic acids is 1. The van der Waals surface area contributed by atoms with Crippen LogP contribution in [0.2, 0.25) is 15.1 Å². The summed E-state index contributed by atoms with van der Waals surface area (Å²) in [6.07, 6.45) is 1.46. The normalized spacial score (nSPS) is 11.1. The predicted molar refractivity (Wildman–Crippen MR) is 119 cm³/mol.